The van der Waals surface area contributed by atoms with Crippen LogP contribution in [0.1, 0.15) is 10.4 Å². The molecule has 2 heterocycles. The van der Waals surface area contributed by atoms with Crippen molar-refractivity contribution in [1.82, 2.24) is 4.40 Å². The van der Waals surface area contributed by atoms with E-state index < -0.39 is 0 Å². The Labute approximate surface area is 94.6 Å². The lowest BCUT2D eigenvalue weighted by atomic mass is 10.3. The molecule has 0 radical (unpaired) electrons. The average Bonchev–Trinajstić information content (AvgIpc) is 2.68. The predicted octanol–water partition coefficient (Wildman–Crippen LogP) is 2.33. The first-order chi connectivity index (χ1) is 7.81. The smallest absolute Gasteiger partial charge is 0.266 e. The number of pyridine rings is 1. The molecule has 3 rings (SSSR count). The number of carbonyl (C=O) groups is 1. The molecule has 1 aromatic carbocycles. The number of hydrogen-bond donors (Lipinski definition) is 0. The van der Waals surface area contributed by atoms with E-state index in [4.69, 9.17) is 0 Å². The van der Waals surface area contributed by atoms with Gasteiger partial charge in [0, 0.05) is 0 Å². The van der Waals surface area contributed by atoms with Crippen molar-refractivity contribution in [2.24, 2.45) is 0 Å². The summed E-state index contributed by atoms with van der Waals surface area (Å²) in [5, 5.41) is 0. The number of carbonyl (C=O) groups excluding carboxylic acids is 1. The predicted molar refractivity (Wildman–Crippen MR) is 64.4 cm³/mol. The molecule has 0 amide bonds. The number of thiazole rings is 1. The Hall–Kier alpha value is -1.94. The summed E-state index contributed by atoms with van der Waals surface area (Å²) in [5.74, 6) is 0. The Balaban J connectivity index is 2.63. The molecule has 0 aliphatic carbocycles. The second-order valence-electron chi connectivity index (χ2n) is 3.46. The van der Waals surface area contributed by atoms with Crippen molar-refractivity contribution in [1.29, 1.82) is 0 Å². The highest BCUT2D eigenvalue weighted by Crippen LogP contribution is 2.24. The van der Waals surface area contributed by atoms with Crippen LogP contribution in [-0.4, -0.2) is 10.7 Å². The zero-order valence-electron chi connectivity index (χ0n) is 8.21. The van der Waals surface area contributed by atoms with Gasteiger partial charge < -0.3 is 0 Å². The number of fused-ring (bicyclic) bond motifs is 3. The van der Waals surface area contributed by atoms with Gasteiger partial charge in [-0.2, -0.15) is 0 Å². The van der Waals surface area contributed by atoms with Crippen LogP contribution in [0.2, 0.25) is 0 Å². The summed E-state index contributed by atoms with van der Waals surface area (Å²) < 4.78 is 2.63. The standard InChI is InChI=1S/C12H7NO2S/c14-7-8-5-6-11-13(12(8)15)9-3-1-2-4-10(9)16-11/h1-7H. The Morgan fingerprint density at radius 2 is 1.94 bits per heavy atom. The van der Waals surface area contributed by atoms with Crippen molar-refractivity contribution < 1.29 is 4.79 Å². The van der Waals surface area contributed by atoms with E-state index in [0.29, 0.717) is 6.29 Å². The minimum Gasteiger partial charge on any atom is -0.298 e. The number of hydrogen-bond acceptors (Lipinski definition) is 3. The molecule has 3 nitrogen and oxygen atoms in total. The first kappa shape index (κ1) is 9.30. The van der Waals surface area contributed by atoms with Crippen LogP contribution in [-0.2, 0) is 0 Å². The van der Waals surface area contributed by atoms with Gasteiger partial charge in [0.2, 0.25) is 0 Å². The van der Waals surface area contributed by atoms with Gasteiger partial charge in [-0.25, -0.2) is 0 Å². The van der Waals surface area contributed by atoms with E-state index in [-0.39, 0.29) is 11.1 Å². The monoisotopic (exact) mass is 229 g/mol. The Bertz CT molecular complexity index is 754. The Morgan fingerprint density at radius 3 is 2.75 bits per heavy atom. The minimum atomic E-state index is -0.245. The number of para-hydroxylation sites is 1. The first-order valence-corrected chi connectivity index (χ1v) is 5.61. The molecule has 0 aliphatic heterocycles. The fourth-order valence-corrected chi connectivity index (χ4v) is 2.82. The molecule has 0 bridgehead atoms. The molecular formula is C12H7NO2S. The van der Waals surface area contributed by atoms with E-state index in [1.807, 2.05) is 24.3 Å². The fraction of sp³-hybridized carbons (Fsp3) is 0. The molecule has 3 aromatic rings. The summed E-state index contributed by atoms with van der Waals surface area (Å²) in [6.07, 6.45) is 0.598. The number of aromatic nitrogens is 1. The second-order valence-corrected chi connectivity index (χ2v) is 4.52. The van der Waals surface area contributed by atoms with Crippen LogP contribution in [0.15, 0.2) is 41.2 Å². The zero-order valence-corrected chi connectivity index (χ0v) is 9.03. The fourth-order valence-electron chi connectivity index (χ4n) is 1.77. The molecule has 0 fully saturated rings. The van der Waals surface area contributed by atoms with E-state index >= 15 is 0 Å². The van der Waals surface area contributed by atoms with Crippen LogP contribution in [0.3, 0.4) is 0 Å². The van der Waals surface area contributed by atoms with Crippen LogP contribution in [0.4, 0.5) is 0 Å². The lowest BCUT2D eigenvalue weighted by molar-refractivity contribution is 0.112. The lowest BCUT2D eigenvalue weighted by Crippen LogP contribution is -2.16. The van der Waals surface area contributed by atoms with Crippen molar-refractivity contribution >= 4 is 32.7 Å². The Kier molecular flexibility index (Phi) is 1.91. The third-order valence-corrected chi connectivity index (χ3v) is 3.62. The number of aldehydes is 1. The van der Waals surface area contributed by atoms with Crippen LogP contribution in [0, 0.1) is 0 Å². The van der Waals surface area contributed by atoms with Gasteiger partial charge in [-0.05, 0) is 24.3 Å². The third kappa shape index (κ3) is 1.13. The number of rotatable bonds is 1. The number of nitrogens with zero attached hydrogens (tertiary/aromatic N) is 1. The molecule has 0 aliphatic rings. The first-order valence-electron chi connectivity index (χ1n) is 4.80. The third-order valence-electron chi connectivity index (χ3n) is 2.52. The highest BCUT2D eigenvalue weighted by Gasteiger charge is 2.08. The summed E-state index contributed by atoms with van der Waals surface area (Å²) in [6, 6.07) is 11.0. The van der Waals surface area contributed by atoms with Gasteiger partial charge in [0.15, 0.2) is 6.29 Å². The number of benzene rings is 1. The molecule has 0 atom stereocenters. The molecule has 78 valence electrons. The largest absolute Gasteiger partial charge is 0.298 e. The van der Waals surface area contributed by atoms with Crippen molar-refractivity contribution in [3.05, 3.63) is 52.3 Å². The zero-order chi connectivity index (χ0) is 11.1. The van der Waals surface area contributed by atoms with Crippen LogP contribution >= 0.6 is 11.3 Å². The normalized spacial score (nSPS) is 11.0. The van der Waals surface area contributed by atoms with Gasteiger partial charge in [-0.15, -0.1) is 11.3 Å². The molecule has 0 saturated heterocycles. The van der Waals surface area contributed by atoms with Crippen molar-refractivity contribution in [2.75, 3.05) is 0 Å². The topological polar surface area (TPSA) is 38.5 Å². The van der Waals surface area contributed by atoms with Gasteiger partial charge in [0.05, 0.1) is 15.8 Å². The van der Waals surface area contributed by atoms with Crippen molar-refractivity contribution in [3.8, 4) is 0 Å². The maximum atomic E-state index is 12.0. The van der Waals surface area contributed by atoms with Gasteiger partial charge in [0.25, 0.3) is 5.56 Å². The van der Waals surface area contributed by atoms with E-state index in [0.717, 1.165) is 15.0 Å². The molecule has 16 heavy (non-hydrogen) atoms. The molecule has 0 N–H and O–H groups in total. The van der Waals surface area contributed by atoms with E-state index in [1.54, 1.807) is 27.9 Å². The van der Waals surface area contributed by atoms with Crippen LogP contribution in [0.5, 0.6) is 0 Å². The Morgan fingerprint density at radius 1 is 1.12 bits per heavy atom. The van der Waals surface area contributed by atoms with E-state index in [2.05, 4.69) is 0 Å². The molecule has 0 unspecified atom stereocenters. The van der Waals surface area contributed by atoms with E-state index in [1.165, 1.54) is 0 Å². The highest BCUT2D eigenvalue weighted by molar-refractivity contribution is 7.23. The summed E-state index contributed by atoms with van der Waals surface area (Å²) in [7, 11) is 0. The molecule has 4 heteroatoms. The van der Waals surface area contributed by atoms with Crippen LogP contribution in [0.25, 0.3) is 15.0 Å². The molecule has 0 saturated carbocycles. The van der Waals surface area contributed by atoms with Crippen LogP contribution < -0.4 is 5.56 Å². The minimum absolute atomic E-state index is 0.195. The van der Waals surface area contributed by atoms with Gasteiger partial charge in [-0.3, -0.25) is 14.0 Å². The van der Waals surface area contributed by atoms with Crippen molar-refractivity contribution in [2.45, 2.75) is 0 Å². The van der Waals surface area contributed by atoms with Gasteiger partial charge in [-0.1, -0.05) is 12.1 Å². The van der Waals surface area contributed by atoms with Gasteiger partial charge >= 0.3 is 0 Å². The lowest BCUT2D eigenvalue weighted by Gasteiger charge is -1.95. The SMILES string of the molecule is O=Cc1ccc2sc3ccccc3n2c1=O. The van der Waals surface area contributed by atoms with Gasteiger partial charge in [0.1, 0.15) is 4.83 Å². The highest BCUT2D eigenvalue weighted by atomic mass is 32.1. The molecule has 2 aromatic heterocycles. The summed E-state index contributed by atoms with van der Waals surface area (Å²) >= 11 is 1.54. The van der Waals surface area contributed by atoms with Crippen molar-refractivity contribution in [3.63, 3.8) is 0 Å². The second kappa shape index (κ2) is 3.28. The molecule has 0 spiro atoms. The summed E-state index contributed by atoms with van der Waals surface area (Å²) in [6.45, 7) is 0. The molecular weight excluding hydrogens is 222 g/mol. The maximum absolute atomic E-state index is 12.0. The van der Waals surface area contributed by atoms with E-state index in [9.17, 15) is 9.59 Å². The quantitative estimate of drug-likeness (QED) is 0.601. The summed E-state index contributed by atoms with van der Waals surface area (Å²) in [5.41, 5.74) is 0.808. The maximum Gasteiger partial charge on any atom is 0.266 e. The summed E-state index contributed by atoms with van der Waals surface area (Å²) in [4.78, 5) is 23.6. The average molecular weight is 229 g/mol.